The molecule has 0 aromatic carbocycles. The number of carbonyl (C=O) groups excluding carboxylic acids is 1. The predicted molar refractivity (Wildman–Crippen MR) is 80.3 cm³/mol. The normalized spacial score (nSPS) is 24.2. The average Bonchev–Trinajstić information content (AvgIpc) is 2.50. The van der Waals surface area contributed by atoms with Gasteiger partial charge in [-0.2, -0.15) is 0 Å². The van der Waals surface area contributed by atoms with Gasteiger partial charge >= 0.3 is 12.0 Å². The third-order valence-electron chi connectivity index (χ3n) is 4.57. The number of unbranched alkanes of at least 4 members (excludes halogenated alkanes) is 1. The van der Waals surface area contributed by atoms with Gasteiger partial charge in [0.1, 0.15) is 6.04 Å². The Bertz CT molecular complexity index is 375. The van der Waals surface area contributed by atoms with E-state index in [1.165, 1.54) is 12.8 Å². The number of carboxylic acid groups (broad SMARTS) is 1. The lowest BCUT2D eigenvalue weighted by atomic mass is 10.00. The van der Waals surface area contributed by atoms with E-state index in [1.807, 2.05) is 6.92 Å². The van der Waals surface area contributed by atoms with Crippen molar-refractivity contribution in [2.45, 2.75) is 57.5 Å². The highest BCUT2D eigenvalue weighted by Gasteiger charge is 2.32. The summed E-state index contributed by atoms with van der Waals surface area (Å²) >= 11 is 0. The molecule has 2 fully saturated rings. The minimum absolute atomic E-state index is 0.219. The summed E-state index contributed by atoms with van der Waals surface area (Å²) in [7, 11) is 0. The van der Waals surface area contributed by atoms with Gasteiger partial charge in [0.25, 0.3) is 0 Å². The van der Waals surface area contributed by atoms with Crippen LogP contribution in [0.25, 0.3) is 0 Å². The summed E-state index contributed by atoms with van der Waals surface area (Å²) in [6.07, 6.45) is 5.86. The van der Waals surface area contributed by atoms with Gasteiger partial charge < -0.3 is 15.3 Å². The van der Waals surface area contributed by atoms with E-state index >= 15 is 0 Å². The molecule has 2 atom stereocenters. The highest BCUT2D eigenvalue weighted by Crippen LogP contribution is 2.21. The molecule has 2 aliphatic heterocycles. The molecule has 0 saturated carbocycles. The molecule has 2 unspecified atom stereocenters. The monoisotopic (exact) mass is 297 g/mol. The SMILES string of the molecule is CCCCC(NC(=O)N1CCN2CCCCC2C1)C(=O)O. The first-order chi connectivity index (χ1) is 10.1. The molecule has 0 aromatic heterocycles. The Morgan fingerprint density at radius 2 is 2.10 bits per heavy atom. The van der Waals surface area contributed by atoms with E-state index < -0.39 is 12.0 Å². The van der Waals surface area contributed by atoms with E-state index in [4.69, 9.17) is 0 Å². The van der Waals surface area contributed by atoms with Crippen LogP contribution in [0, 0.1) is 0 Å². The Balaban J connectivity index is 1.85. The van der Waals surface area contributed by atoms with Crippen molar-refractivity contribution in [1.29, 1.82) is 0 Å². The number of carboxylic acids is 1. The maximum absolute atomic E-state index is 12.3. The Hall–Kier alpha value is -1.30. The van der Waals surface area contributed by atoms with E-state index in [1.54, 1.807) is 4.90 Å². The minimum Gasteiger partial charge on any atom is -0.480 e. The number of amides is 2. The number of carbonyl (C=O) groups is 2. The van der Waals surface area contributed by atoms with Crippen LogP contribution in [0.5, 0.6) is 0 Å². The summed E-state index contributed by atoms with van der Waals surface area (Å²) in [5.74, 6) is -0.937. The maximum atomic E-state index is 12.3. The van der Waals surface area contributed by atoms with Crippen molar-refractivity contribution in [3.05, 3.63) is 0 Å². The van der Waals surface area contributed by atoms with Crippen LogP contribution in [-0.2, 0) is 4.79 Å². The average molecular weight is 297 g/mol. The highest BCUT2D eigenvalue weighted by atomic mass is 16.4. The van der Waals surface area contributed by atoms with Crippen molar-refractivity contribution in [1.82, 2.24) is 15.1 Å². The lowest BCUT2D eigenvalue weighted by Gasteiger charge is -2.44. The van der Waals surface area contributed by atoms with Crippen molar-refractivity contribution < 1.29 is 14.7 Å². The zero-order chi connectivity index (χ0) is 15.2. The summed E-state index contributed by atoms with van der Waals surface area (Å²) in [5.41, 5.74) is 0. The van der Waals surface area contributed by atoms with Crippen LogP contribution in [0.15, 0.2) is 0 Å². The molecule has 2 saturated heterocycles. The second kappa shape index (κ2) is 7.64. The second-order valence-electron chi connectivity index (χ2n) is 6.11. The van der Waals surface area contributed by atoms with E-state index in [9.17, 15) is 14.7 Å². The van der Waals surface area contributed by atoms with Gasteiger partial charge in [0.15, 0.2) is 0 Å². The molecule has 2 rings (SSSR count). The van der Waals surface area contributed by atoms with Crippen LogP contribution < -0.4 is 5.32 Å². The number of rotatable bonds is 5. The van der Waals surface area contributed by atoms with E-state index in [-0.39, 0.29) is 6.03 Å². The quantitative estimate of drug-likeness (QED) is 0.807. The fourth-order valence-electron chi connectivity index (χ4n) is 3.25. The molecule has 2 amide bonds. The molecule has 2 N–H and O–H groups in total. The Kier molecular flexibility index (Phi) is 5.85. The number of hydrogen-bond acceptors (Lipinski definition) is 3. The molecule has 0 aromatic rings. The van der Waals surface area contributed by atoms with Crippen molar-refractivity contribution in [2.75, 3.05) is 26.2 Å². The van der Waals surface area contributed by atoms with Crippen molar-refractivity contribution in [3.8, 4) is 0 Å². The lowest BCUT2D eigenvalue weighted by molar-refractivity contribution is -0.139. The molecular weight excluding hydrogens is 270 g/mol. The van der Waals surface area contributed by atoms with E-state index in [0.29, 0.717) is 19.0 Å². The molecule has 0 bridgehead atoms. The van der Waals surface area contributed by atoms with Gasteiger partial charge in [0.05, 0.1) is 0 Å². The first kappa shape index (κ1) is 16.1. The van der Waals surface area contributed by atoms with Crippen LogP contribution in [0.2, 0.25) is 0 Å². The molecule has 21 heavy (non-hydrogen) atoms. The first-order valence-electron chi connectivity index (χ1n) is 8.14. The van der Waals surface area contributed by atoms with E-state index in [2.05, 4.69) is 10.2 Å². The summed E-state index contributed by atoms with van der Waals surface area (Å²) in [6.45, 7) is 5.48. The predicted octanol–water partition coefficient (Wildman–Crippen LogP) is 1.51. The number of nitrogens with one attached hydrogen (secondary N) is 1. The fraction of sp³-hybridized carbons (Fsp3) is 0.867. The largest absolute Gasteiger partial charge is 0.480 e. The summed E-state index contributed by atoms with van der Waals surface area (Å²) < 4.78 is 0. The topological polar surface area (TPSA) is 72.9 Å². The number of nitrogens with zero attached hydrogens (tertiary/aromatic N) is 2. The smallest absolute Gasteiger partial charge is 0.326 e. The van der Waals surface area contributed by atoms with Gasteiger partial charge in [-0.25, -0.2) is 9.59 Å². The summed E-state index contributed by atoms with van der Waals surface area (Å²) in [6, 6.07) is -0.525. The van der Waals surface area contributed by atoms with Gasteiger partial charge in [0.2, 0.25) is 0 Å². The lowest BCUT2D eigenvalue weighted by Crippen LogP contribution is -2.59. The second-order valence-corrected chi connectivity index (χ2v) is 6.11. The number of piperazine rings is 1. The van der Waals surface area contributed by atoms with Gasteiger partial charge in [0, 0.05) is 25.7 Å². The zero-order valence-corrected chi connectivity index (χ0v) is 12.9. The highest BCUT2D eigenvalue weighted by molar-refractivity contribution is 5.82. The molecule has 0 radical (unpaired) electrons. The Morgan fingerprint density at radius 3 is 2.81 bits per heavy atom. The standard InChI is InChI=1S/C15H27N3O3/c1-2-3-7-13(14(19)20)16-15(21)18-10-9-17-8-5-4-6-12(17)11-18/h12-13H,2-11H2,1H3,(H,16,21)(H,19,20). The molecular formula is C15H27N3O3. The fourth-order valence-corrected chi connectivity index (χ4v) is 3.25. The third-order valence-corrected chi connectivity index (χ3v) is 4.57. The summed E-state index contributed by atoms with van der Waals surface area (Å²) in [4.78, 5) is 27.7. The number of fused-ring (bicyclic) bond motifs is 1. The van der Waals surface area contributed by atoms with Crippen LogP contribution in [-0.4, -0.2) is 65.2 Å². The maximum Gasteiger partial charge on any atom is 0.326 e. The number of hydrogen-bond donors (Lipinski definition) is 2. The molecule has 2 heterocycles. The molecule has 120 valence electrons. The van der Waals surface area contributed by atoms with Crippen molar-refractivity contribution >= 4 is 12.0 Å². The van der Waals surface area contributed by atoms with Gasteiger partial charge in [-0.1, -0.05) is 26.2 Å². The molecule has 6 nitrogen and oxygen atoms in total. The van der Waals surface area contributed by atoms with Crippen LogP contribution in [0.4, 0.5) is 4.79 Å². The van der Waals surface area contributed by atoms with Crippen molar-refractivity contribution in [3.63, 3.8) is 0 Å². The van der Waals surface area contributed by atoms with Crippen LogP contribution in [0.1, 0.15) is 45.4 Å². The molecule has 0 aliphatic carbocycles. The van der Waals surface area contributed by atoms with Gasteiger partial charge in [-0.15, -0.1) is 0 Å². The Labute approximate surface area is 126 Å². The first-order valence-corrected chi connectivity index (χ1v) is 8.14. The van der Waals surface area contributed by atoms with Gasteiger partial charge in [-0.3, -0.25) is 4.90 Å². The number of aliphatic carboxylic acids is 1. The van der Waals surface area contributed by atoms with Crippen LogP contribution >= 0.6 is 0 Å². The zero-order valence-electron chi connectivity index (χ0n) is 12.9. The Morgan fingerprint density at radius 1 is 1.29 bits per heavy atom. The van der Waals surface area contributed by atoms with Gasteiger partial charge in [-0.05, 0) is 25.8 Å². The third kappa shape index (κ3) is 4.33. The van der Waals surface area contributed by atoms with Crippen molar-refractivity contribution in [2.24, 2.45) is 0 Å². The van der Waals surface area contributed by atoms with E-state index in [0.717, 1.165) is 38.9 Å². The molecule has 6 heteroatoms. The molecule has 0 spiro atoms. The summed E-state index contributed by atoms with van der Waals surface area (Å²) in [5, 5.41) is 11.9. The van der Waals surface area contributed by atoms with Crippen LogP contribution in [0.3, 0.4) is 0 Å². The number of urea groups is 1. The minimum atomic E-state index is -0.937. The molecule has 2 aliphatic rings. The number of piperidine rings is 1.